The number of aliphatic hydroxyl groups excluding tert-OH is 1. The molecule has 1 saturated carbocycles. The third kappa shape index (κ3) is 4.89. The van der Waals surface area contributed by atoms with Crippen molar-refractivity contribution < 1.29 is 5.11 Å². The minimum absolute atomic E-state index is 0.180. The van der Waals surface area contributed by atoms with E-state index in [-0.39, 0.29) is 6.04 Å². The van der Waals surface area contributed by atoms with Gasteiger partial charge in [-0.05, 0) is 37.8 Å². The quantitative estimate of drug-likeness (QED) is 0.727. The van der Waals surface area contributed by atoms with Gasteiger partial charge in [0.05, 0.1) is 6.10 Å². The van der Waals surface area contributed by atoms with Crippen molar-refractivity contribution in [1.29, 1.82) is 0 Å². The Balaban J connectivity index is 1.81. The van der Waals surface area contributed by atoms with E-state index in [9.17, 15) is 5.11 Å². The van der Waals surface area contributed by atoms with Crippen molar-refractivity contribution in [2.45, 2.75) is 57.2 Å². The Morgan fingerprint density at radius 3 is 2.60 bits per heavy atom. The molecular weight excluding hydrogens is 248 g/mol. The summed E-state index contributed by atoms with van der Waals surface area (Å²) in [5, 5.41) is 10.4. The van der Waals surface area contributed by atoms with Crippen LogP contribution in [0.15, 0.2) is 30.3 Å². The molecule has 3 N–H and O–H groups in total. The van der Waals surface area contributed by atoms with Crippen LogP contribution in [-0.2, 0) is 6.42 Å². The first kappa shape index (κ1) is 15.5. The second-order valence-electron chi connectivity index (χ2n) is 6.00. The number of rotatable bonds is 9. The fourth-order valence-electron chi connectivity index (χ4n) is 2.62. The zero-order valence-corrected chi connectivity index (χ0v) is 12.5. The number of nitrogens with two attached hydrogens (primary N) is 1. The van der Waals surface area contributed by atoms with Gasteiger partial charge in [-0.1, -0.05) is 43.7 Å². The monoisotopic (exact) mass is 276 g/mol. The molecule has 112 valence electrons. The molecule has 3 nitrogen and oxygen atoms in total. The zero-order chi connectivity index (χ0) is 14.4. The maximum Gasteiger partial charge on any atom is 0.0821 e. The molecular formula is C17H28N2O. The van der Waals surface area contributed by atoms with Crippen LogP contribution in [0.5, 0.6) is 0 Å². The molecule has 0 spiro atoms. The van der Waals surface area contributed by atoms with Gasteiger partial charge in [0.25, 0.3) is 0 Å². The lowest BCUT2D eigenvalue weighted by molar-refractivity contribution is 0.0864. The molecule has 0 radical (unpaired) electrons. The van der Waals surface area contributed by atoms with E-state index in [1.165, 1.54) is 31.2 Å². The van der Waals surface area contributed by atoms with E-state index in [2.05, 4.69) is 24.0 Å². The largest absolute Gasteiger partial charge is 0.390 e. The summed E-state index contributed by atoms with van der Waals surface area (Å²) in [6.45, 7) is 4.03. The molecule has 0 amide bonds. The van der Waals surface area contributed by atoms with Crippen molar-refractivity contribution in [3.63, 3.8) is 0 Å². The standard InChI is InChI=1S/C17H28N2O/c1-2-3-11-19(15-9-10-15)13-17(20)16(18)12-14-7-5-4-6-8-14/h4-8,15-17,20H,2-3,9-13,18H2,1H3. The van der Waals surface area contributed by atoms with Crippen LogP contribution in [0.3, 0.4) is 0 Å². The van der Waals surface area contributed by atoms with Crippen molar-refractivity contribution in [3.05, 3.63) is 35.9 Å². The molecule has 0 aliphatic heterocycles. The first-order valence-electron chi connectivity index (χ1n) is 7.92. The number of nitrogens with zero attached hydrogens (tertiary/aromatic N) is 1. The van der Waals surface area contributed by atoms with Crippen LogP contribution in [0.25, 0.3) is 0 Å². The molecule has 1 fully saturated rings. The van der Waals surface area contributed by atoms with Crippen LogP contribution in [-0.4, -0.2) is 41.3 Å². The number of hydrogen-bond donors (Lipinski definition) is 2. The van der Waals surface area contributed by atoms with Gasteiger partial charge in [0.15, 0.2) is 0 Å². The Morgan fingerprint density at radius 2 is 2.00 bits per heavy atom. The average Bonchev–Trinajstić information content (AvgIpc) is 3.28. The zero-order valence-electron chi connectivity index (χ0n) is 12.5. The van der Waals surface area contributed by atoms with Gasteiger partial charge in [0.2, 0.25) is 0 Å². The van der Waals surface area contributed by atoms with Crippen molar-refractivity contribution >= 4 is 0 Å². The SMILES string of the molecule is CCCCN(CC(O)C(N)Cc1ccccc1)C1CC1. The van der Waals surface area contributed by atoms with Crippen LogP contribution in [0, 0.1) is 0 Å². The highest BCUT2D eigenvalue weighted by atomic mass is 16.3. The fourth-order valence-corrected chi connectivity index (χ4v) is 2.62. The summed E-state index contributed by atoms with van der Waals surface area (Å²) in [6.07, 6.45) is 5.28. The van der Waals surface area contributed by atoms with Gasteiger partial charge in [-0.3, -0.25) is 4.90 Å². The van der Waals surface area contributed by atoms with Crippen molar-refractivity contribution in [2.24, 2.45) is 5.73 Å². The molecule has 0 bridgehead atoms. The van der Waals surface area contributed by atoms with Gasteiger partial charge in [0, 0.05) is 18.6 Å². The first-order valence-corrected chi connectivity index (χ1v) is 7.92. The lowest BCUT2D eigenvalue weighted by Crippen LogP contribution is -2.45. The minimum Gasteiger partial charge on any atom is -0.390 e. The lowest BCUT2D eigenvalue weighted by atomic mass is 10.0. The highest BCUT2D eigenvalue weighted by Crippen LogP contribution is 2.27. The van der Waals surface area contributed by atoms with E-state index in [0.29, 0.717) is 6.04 Å². The summed E-state index contributed by atoms with van der Waals surface area (Å²) in [5.74, 6) is 0. The maximum atomic E-state index is 10.4. The van der Waals surface area contributed by atoms with Crippen molar-refractivity contribution in [3.8, 4) is 0 Å². The van der Waals surface area contributed by atoms with Gasteiger partial charge in [-0.25, -0.2) is 0 Å². The van der Waals surface area contributed by atoms with E-state index in [0.717, 1.165) is 19.5 Å². The predicted octanol–water partition coefficient (Wildman–Crippen LogP) is 2.18. The Labute approximate surface area is 122 Å². The third-order valence-corrected chi connectivity index (χ3v) is 4.09. The molecule has 1 aromatic carbocycles. The van der Waals surface area contributed by atoms with Gasteiger partial charge in [-0.15, -0.1) is 0 Å². The fraction of sp³-hybridized carbons (Fsp3) is 0.647. The number of aliphatic hydroxyl groups is 1. The molecule has 0 aromatic heterocycles. The maximum absolute atomic E-state index is 10.4. The molecule has 20 heavy (non-hydrogen) atoms. The van der Waals surface area contributed by atoms with Crippen LogP contribution < -0.4 is 5.73 Å². The third-order valence-electron chi connectivity index (χ3n) is 4.09. The van der Waals surface area contributed by atoms with E-state index in [1.807, 2.05) is 18.2 Å². The second-order valence-corrected chi connectivity index (χ2v) is 6.00. The van der Waals surface area contributed by atoms with Crippen LogP contribution in [0.1, 0.15) is 38.2 Å². The number of benzene rings is 1. The van der Waals surface area contributed by atoms with Gasteiger partial charge in [0.1, 0.15) is 0 Å². The molecule has 0 heterocycles. The molecule has 2 unspecified atom stereocenters. The molecule has 1 aliphatic rings. The summed E-state index contributed by atoms with van der Waals surface area (Å²) < 4.78 is 0. The van der Waals surface area contributed by atoms with Gasteiger partial charge >= 0.3 is 0 Å². The second kappa shape index (κ2) is 7.77. The summed E-state index contributed by atoms with van der Waals surface area (Å²) in [7, 11) is 0. The average molecular weight is 276 g/mol. The summed E-state index contributed by atoms with van der Waals surface area (Å²) >= 11 is 0. The number of hydrogen-bond acceptors (Lipinski definition) is 3. The Hall–Kier alpha value is -0.900. The highest BCUT2D eigenvalue weighted by molar-refractivity contribution is 5.16. The van der Waals surface area contributed by atoms with E-state index < -0.39 is 6.10 Å². The number of unbranched alkanes of at least 4 members (excludes halogenated alkanes) is 1. The van der Waals surface area contributed by atoms with Crippen molar-refractivity contribution in [2.75, 3.05) is 13.1 Å². The van der Waals surface area contributed by atoms with Crippen LogP contribution in [0.2, 0.25) is 0 Å². The molecule has 1 aromatic rings. The summed E-state index contributed by atoms with van der Waals surface area (Å²) in [4.78, 5) is 2.43. The van der Waals surface area contributed by atoms with Gasteiger partial charge < -0.3 is 10.8 Å². The molecule has 0 saturated heterocycles. The van der Waals surface area contributed by atoms with Crippen molar-refractivity contribution in [1.82, 2.24) is 4.90 Å². The predicted molar refractivity (Wildman–Crippen MR) is 83.6 cm³/mol. The van der Waals surface area contributed by atoms with Crippen LogP contribution >= 0.6 is 0 Å². The minimum atomic E-state index is -0.437. The lowest BCUT2D eigenvalue weighted by Gasteiger charge is -2.28. The Kier molecular flexibility index (Phi) is 6.02. The summed E-state index contributed by atoms with van der Waals surface area (Å²) in [6, 6.07) is 10.7. The smallest absolute Gasteiger partial charge is 0.0821 e. The highest BCUT2D eigenvalue weighted by Gasteiger charge is 2.30. The Bertz CT molecular complexity index is 378. The molecule has 2 rings (SSSR count). The molecule has 2 atom stereocenters. The van der Waals surface area contributed by atoms with E-state index >= 15 is 0 Å². The van der Waals surface area contributed by atoms with E-state index in [1.54, 1.807) is 0 Å². The van der Waals surface area contributed by atoms with Crippen LogP contribution in [0.4, 0.5) is 0 Å². The molecule has 1 aliphatic carbocycles. The Morgan fingerprint density at radius 1 is 1.30 bits per heavy atom. The normalized spacial score (nSPS) is 18.2. The van der Waals surface area contributed by atoms with E-state index in [4.69, 9.17) is 5.73 Å². The first-order chi connectivity index (χ1) is 9.70. The molecule has 3 heteroatoms. The summed E-state index contributed by atoms with van der Waals surface area (Å²) in [5.41, 5.74) is 7.37. The van der Waals surface area contributed by atoms with Gasteiger partial charge in [-0.2, -0.15) is 0 Å². The topological polar surface area (TPSA) is 49.5 Å².